The fraction of sp³-hybridized carbons (Fsp3) is 0.625. The van der Waals surface area contributed by atoms with Crippen molar-refractivity contribution in [2.24, 2.45) is 5.92 Å². The Bertz CT molecular complexity index is 613. The van der Waals surface area contributed by atoms with Gasteiger partial charge in [-0.15, -0.1) is 0 Å². The van der Waals surface area contributed by atoms with E-state index in [2.05, 4.69) is 16.9 Å². The summed E-state index contributed by atoms with van der Waals surface area (Å²) >= 11 is 0. The summed E-state index contributed by atoms with van der Waals surface area (Å²) in [6.45, 7) is 2.56. The molecule has 1 aromatic heterocycles. The molecule has 2 atom stereocenters. The molecule has 0 saturated carbocycles. The summed E-state index contributed by atoms with van der Waals surface area (Å²) in [6.07, 6.45) is 5.00. The topological polar surface area (TPSA) is 65.6 Å². The lowest BCUT2D eigenvalue weighted by molar-refractivity contribution is 0.0704. The molecule has 2 aliphatic rings. The molecule has 3 heterocycles. The van der Waals surface area contributed by atoms with E-state index in [1.165, 1.54) is 32.2 Å². The van der Waals surface area contributed by atoms with Gasteiger partial charge in [-0.05, 0) is 25.8 Å². The summed E-state index contributed by atoms with van der Waals surface area (Å²) in [4.78, 5) is 31.8. The first-order chi connectivity index (χ1) is 10.6. The number of hydrogen-bond donors (Lipinski definition) is 1. The van der Waals surface area contributed by atoms with Crippen LogP contribution in [0.4, 0.5) is 0 Å². The van der Waals surface area contributed by atoms with Crippen LogP contribution in [-0.2, 0) is 0 Å². The van der Waals surface area contributed by atoms with Gasteiger partial charge in [0.2, 0.25) is 5.43 Å². The SMILES string of the molecule is COc1c[nH]c(C(=O)N2C[C@H]3CCC[C@@H](C2)N(C)C3)cc1=O. The molecule has 120 valence electrons. The van der Waals surface area contributed by atoms with Crippen molar-refractivity contribution in [1.82, 2.24) is 14.8 Å². The lowest BCUT2D eigenvalue weighted by atomic mass is 9.99. The molecular formula is C16H23N3O3. The van der Waals surface area contributed by atoms with Crippen LogP contribution in [-0.4, -0.2) is 60.5 Å². The summed E-state index contributed by atoms with van der Waals surface area (Å²) in [7, 11) is 3.59. The Hall–Kier alpha value is -1.82. The third-order valence-corrected chi connectivity index (χ3v) is 4.84. The molecule has 0 unspecified atom stereocenters. The third-order valence-electron chi connectivity index (χ3n) is 4.84. The minimum absolute atomic E-state index is 0.0908. The highest BCUT2D eigenvalue weighted by Crippen LogP contribution is 2.26. The molecule has 6 heteroatoms. The van der Waals surface area contributed by atoms with Crippen LogP contribution in [0, 0.1) is 5.92 Å². The number of H-pyrrole nitrogens is 1. The first kappa shape index (κ1) is 15.1. The van der Waals surface area contributed by atoms with Crippen molar-refractivity contribution >= 4 is 5.91 Å². The van der Waals surface area contributed by atoms with E-state index in [9.17, 15) is 9.59 Å². The number of aromatic amines is 1. The molecule has 2 aliphatic heterocycles. The molecule has 22 heavy (non-hydrogen) atoms. The molecule has 0 aromatic carbocycles. The highest BCUT2D eigenvalue weighted by Gasteiger charge is 2.33. The minimum atomic E-state index is -0.267. The Balaban J connectivity index is 1.82. The molecule has 3 rings (SSSR count). The number of aromatic nitrogens is 1. The first-order valence-electron chi connectivity index (χ1n) is 7.84. The van der Waals surface area contributed by atoms with E-state index in [0.717, 1.165) is 26.1 Å². The molecule has 2 bridgehead atoms. The Morgan fingerprint density at radius 2 is 2.14 bits per heavy atom. The second-order valence-corrected chi connectivity index (χ2v) is 6.38. The average Bonchev–Trinajstić information content (AvgIpc) is 2.74. The monoisotopic (exact) mass is 305 g/mol. The predicted molar refractivity (Wildman–Crippen MR) is 83.3 cm³/mol. The van der Waals surface area contributed by atoms with Crippen molar-refractivity contribution in [1.29, 1.82) is 0 Å². The van der Waals surface area contributed by atoms with Crippen LogP contribution in [0.3, 0.4) is 0 Å². The largest absolute Gasteiger partial charge is 0.491 e. The number of pyridine rings is 1. The van der Waals surface area contributed by atoms with Crippen LogP contribution in [0.1, 0.15) is 29.8 Å². The lowest BCUT2D eigenvalue weighted by Gasteiger charge is -2.29. The van der Waals surface area contributed by atoms with Gasteiger partial charge in [-0.2, -0.15) is 0 Å². The maximum atomic E-state index is 12.7. The number of nitrogens with zero attached hydrogens (tertiary/aromatic N) is 2. The van der Waals surface area contributed by atoms with Gasteiger partial charge in [-0.1, -0.05) is 6.42 Å². The molecule has 1 N–H and O–H groups in total. The van der Waals surface area contributed by atoms with Crippen molar-refractivity contribution in [2.75, 3.05) is 33.8 Å². The Morgan fingerprint density at radius 3 is 2.86 bits per heavy atom. The van der Waals surface area contributed by atoms with E-state index in [0.29, 0.717) is 17.7 Å². The Labute approximate surface area is 130 Å². The molecule has 1 amide bonds. The Morgan fingerprint density at radius 1 is 1.32 bits per heavy atom. The summed E-state index contributed by atoms with van der Waals surface area (Å²) in [5.41, 5.74) is 0.0742. The van der Waals surface area contributed by atoms with Gasteiger partial charge in [-0.3, -0.25) is 9.59 Å². The number of fused-ring (bicyclic) bond motifs is 3. The van der Waals surface area contributed by atoms with Gasteiger partial charge in [0, 0.05) is 37.9 Å². The highest BCUT2D eigenvalue weighted by molar-refractivity contribution is 5.92. The van der Waals surface area contributed by atoms with Gasteiger partial charge in [-0.25, -0.2) is 0 Å². The number of methoxy groups -OCH3 is 1. The predicted octanol–water partition coefficient (Wildman–Crippen LogP) is 0.940. The quantitative estimate of drug-likeness (QED) is 0.883. The van der Waals surface area contributed by atoms with Crippen LogP contribution in [0.25, 0.3) is 0 Å². The van der Waals surface area contributed by atoms with Crippen molar-refractivity contribution in [2.45, 2.75) is 25.3 Å². The van der Waals surface area contributed by atoms with Gasteiger partial charge in [0.25, 0.3) is 5.91 Å². The van der Waals surface area contributed by atoms with Gasteiger partial charge in [0.15, 0.2) is 5.75 Å². The number of amides is 1. The van der Waals surface area contributed by atoms with Crippen LogP contribution in [0.5, 0.6) is 5.75 Å². The molecule has 2 saturated heterocycles. The summed E-state index contributed by atoms with van der Waals surface area (Å²) in [5, 5.41) is 0. The second kappa shape index (κ2) is 6.12. The number of rotatable bonds is 2. The number of carbonyl (C=O) groups is 1. The van der Waals surface area contributed by atoms with Crippen molar-refractivity contribution < 1.29 is 9.53 Å². The number of likely N-dealkylation sites (N-methyl/N-ethyl adjacent to an activating group) is 1. The van der Waals surface area contributed by atoms with Crippen LogP contribution < -0.4 is 10.2 Å². The average molecular weight is 305 g/mol. The number of ether oxygens (including phenoxy) is 1. The summed E-state index contributed by atoms with van der Waals surface area (Å²) in [5.74, 6) is 0.655. The normalized spacial score (nSPS) is 25.6. The molecular weight excluding hydrogens is 282 g/mol. The van der Waals surface area contributed by atoms with E-state index in [1.54, 1.807) is 0 Å². The van der Waals surface area contributed by atoms with E-state index < -0.39 is 0 Å². The number of nitrogens with one attached hydrogen (secondary N) is 1. The van der Waals surface area contributed by atoms with Crippen molar-refractivity contribution in [3.8, 4) is 5.75 Å². The van der Waals surface area contributed by atoms with Gasteiger partial charge in [0.1, 0.15) is 5.69 Å². The van der Waals surface area contributed by atoms with E-state index in [1.807, 2.05) is 4.90 Å². The molecule has 6 nitrogen and oxygen atoms in total. The zero-order valence-electron chi connectivity index (χ0n) is 13.2. The number of carbonyl (C=O) groups excluding carboxylic acids is 1. The molecule has 1 aromatic rings. The van der Waals surface area contributed by atoms with Crippen LogP contribution in [0.2, 0.25) is 0 Å². The van der Waals surface area contributed by atoms with Crippen LogP contribution in [0.15, 0.2) is 17.1 Å². The van der Waals surface area contributed by atoms with E-state index in [-0.39, 0.29) is 17.1 Å². The molecule has 0 spiro atoms. The fourth-order valence-corrected chi connectivity index (χ4v) is 3.61. The summed E-state index contributed by atoms with van der Waals surface area (Å²) in [6, 6.07) is 1.76. The number of likely N-dealkylation sites (tertiary alicyclic amines) is 1. The smallest absolute Gasteiger partial charge is 0.270 e. The zero-order chi connectivity index (χ0) is 15.7. The van der Waals surface area contributed by atoms with Crippen molar-refractivity contribution in [3.63, 3.8) is 0 Å². The van der Waals surface area contributed by atoms with Gasteiger partial charge < -0.3 is 19.5 Å². The van der Waals surface area contributed by atoms with Gasteiger partial charge >= 0.3 is 0 Å². The molecule has 2 fully saturated rings. The van der Waals surface area contributed by atoms with E-state index in [4.69, 9.17) is 4.74 Å². The highest BCUT2D eigenvalue weighted by atomic mass is 16.5. The zero-order valence-corrected chi connectivity index (χ0v) is 13.2. The Kier molecular flexibility index (Phi) is 4.20. The second-order valence-electron chi connectivity index (χ2n) is 6.38. The van der Waals surface area contributed by atoms with Crippen LogP contribution >= 0.6 is 0 Å². The summed E-state index contributed by atoms with van der Waals surface area (Å²) < 4.78 is 4.94. The molecule has 0 aliphatic carbocycles. The van der Waals surface area contributed by atoms with E-state index >= 15 is 0 Å². The number of hydrogen-bond acceptors (Lipinski definition) is 4. The van der Waals surface area contributed by atoms with Gasteiger partial charge in [0.05, 0.1) is 7.11 Å². The van der Waals surface area contributed by atoms with Crippen molar-refractivity contribution in [3.05, 3.63) is 28.2 Å². The minimum Gasteiger partial charge on any atom is -0.491 e. The fourth-order valence-electron chi connectivity index (χ4n) is 3.61. The molecule has 0 radical (unpaired) electrons. The first-order valence-corrected chi connectivity index (χ1v) is 7.84. The standard InChI is InChI=1S/C16H23N3O3/c1-18-8-11-4-3-5-12(18)10-19(9-11)16(21)13-6-14(20)15(22-2)7-17-13/h6-7,11-12H,3-5,8-10H2,1-2H3,(H,17,20)/t11-,12-/m0/s1. The lowest BCUT2D eigenvalue weighted by Crippen LogP contribution is -2.42. The maximum absolute atomic E-state index is 12.7. The maximum Gasteiger partial charge on any atom is 0.270 e. The third kappa shape index (κ3) is 2.88.